The molecule has 110 valence electrons. The fourth-order valence-electron chi connectivity index (χ4n) is 1.89. The van der Waals surface area contributed by atoms with Crippen LogP contribution in [0.15, 0.2) is 23.3 Å². The zero-order valence-electron chi connectivity index (χ0n) is 11.1. The van der Waals surface area contributed by atoms with E-state index in [0.29, 0.717) is 5.69 Å². The number of anilines is 1. The number of hydrogen-bond acceptors (Lipinski definition) is 4. The Labute approximate surface area is 119 Å². The summed E-state index contributed by atoms with van der Waals surface area (Å²) in [6, 6.07) is 3.82. The van der Waals surface area contributed by atoms with Crippen LogP contribution in [0.4, 0.5) is 20.6 Å². The quantitative estimate of drug-likeness (QED) is 0.522. The Bertz CT molecular complexity index is 629. The Morgan fingerprint density at radius 3 is 3.05 bits per heavy atom. The summed E-state index contributed by atoms with van der Waals surface area (Å²) in [4.78, 5) is 26.3. The Morgan fingerprint density at radius 1 is 1.67 bits per heavy atom. The average Bonchev–Trinajstić information content (AvgIpc) is 2.80. The summed E-state index contributed by atoms with van der Waals surface area (Å²) in [5.74, 6) is -0.960. The third-order valence-electron chi connectivity index (χ3n) is 2.85. The molecule has 1 aliphatic rings. The monoisotopic (exact) mass is 293 g/mol. The lowest BCUT2D eigenvalue weighted by Gasteiger charge is -2.13. The predicted molar refractivity (Wildman–Crippen MR) is 71.5 cm³/mol. The lowest BCUT2D eigenvalue weighted by Crippen LogP contribution is -2.33. The molecule has 0 aliphatic carbocycles. The van der Waals surface area contributed by atoms with Gasteiger partial charge >= 0.3 is 6.09 Å². The third kappa shape index (κ3) is 3.40. The second-order valence-corrected chi connectivity index (χ2v) is 4.38. The third-order valence-corrected chi connectivity index (χ3v) is 2.85. The van der Waals surface area contributed by atoms with E-state index in [2.05, 4.69) is 15.3 Å². The molecule has 1 fully saturated rings. The van der Waals surface area contributed by atoms with Gasteiger partial charge in [0.05, 0.1) is 24.5 Å². The smallest absolute Gasteiger partial charge is 0.414 e. The van der Waals surface area contributed by atoms with Gasteiger partial charge in [-0.15, -0.1) is 0 Å². The van der Waals surface area contributed by atoms with E-state index in [4.69, 9.17) is 10.3 Å². The number of carbonyl (C=O) groups excluding carboxylic acids is 2. The maximum Gasteiger partial charge on any atom is 0.414 e. The molecule has 9 heteroatoms. The normalized spacial score (nSPS) is 17.1. The van der Waals surface area contributed by atoms with Crippen LogP contribution in [0.3, 0.4) is 0 Å². The molecular weight excluding hydrogens is 281 g/mol. The lowest BCUT2D eigenvalue weighted by atomic mass is 10.2. The van der Waals surface area contributed by atoms with Gasteiger partial charge in [-0.1, -0.05) is 5.11 Å². The molecule has 1 saturated heterocycles. The Morgan fingerprint density at radius 2 is 2.43 bits per heavy atom. The minimum absolute atomic E-state index is 0.149. The second kappa shape index (κ2) is 6.10. The molecule has 0 saturated carbocycles. The summed E-state index contributed by atoms with van der Waals surface area (Å²) >= 11 is 0. The molecule has 1 atom stereocenters. The largest absolute Gasteiger partial charge is 0.442 e. The van der Waals surface area contributed by atoms with Gasteiger partial charge in [-0.2, -0.15) is 0 Å². The summed E-state index contributed by atoms with van der Waals surface area (Å²) in [6.45, 7) is 1.74. The standard InChI is InChI=1S/C12H12FN5O3/c1-7(19)15-5-9-6-18(12(20)21-9)8-2-3-11(16-17-14)10(13)4-8/h2-4,9H,5-6H2,1H3,(H,15,19)/t9-/m0/s1. The highest BCUT2D eigenvalue weighted by Gasteiger charge is 2.32. The highest BCUT2D eigenvalue weighted by molar-refractivity contribution is 5.90. The fraction of sp³-hybridized carbons (Fsp3) is 0.333. The second-order valence-electron chi connectivity index (χ2n) is 4.38. The van der Waals surface area contributed by atoms with Gasteiger partial charge in [-0.3, -0.25) is 9.69 Å². The van der Waals surface area contributed by atoms with E-state index < -0.39 is 18.0 Å². The zero-order valence-corrected chi connectivity index (χ0v) is 11.1. The minimum Gasteiger partial charge on any atom is -0.442 e. The average molecular weight is 293 g/mol. The molecule has 1 N–H and O–H groups in total. The molecule has 1 aliphatic heterocycles. The van der Waals surface area contributed by atoms with Crippen LogP contribution in [-0.4, -0.2) is 31.2 Å². The van der Waals surface area contributed by atoms with E-state index >= 15 is 0 Å². The van der Waals surface area contributed by atoms with E-state index in [1.165, 1.54) is 24.0 Å². The molecule has 0 spiro atoms. The SMILES string of the molecule is CC(=O)NC[C@H]1CN(c2ccc(N=[N+]=[N-])c(F)c2)C(=O)O1. The van der Waals surface area contributed by atoms with Crippen LogP contribution in [0, 0.1) is 5.82 Å². The first-order valence-corrected chi connectivity index (χ1v) is 6.08. The van der Waals surface area contributed by atoms with Crippen molar-refractivity contribution in [1.82, 2.24) is 5.32 Å². The van der Waals surface area contributed by atoms with Gasteiger partial charge in [0, 0.05) is 11.8 Å². The zero-order chi connectivity index (χ0) is 15.4. The number of halogens is 1. The van der Waals surface area contributed by atoms with Crippen LogP contribution in [0.5, 0.6) is 0 Å². The van der Waals surface area contributed by atoms with Crippen molar-refractivity contribution in [2.75, 3.05) is 18.0 Å². The molecule has 0 aromatic heterocycles. The highest BCUT2D eigenvalue weighted by atomic mass is 19.1. The molecule has 21 heavy (non-hydrogen) atoms. The van der Waals surface area contributed by atoms with Gasteiger partial charge in [0.25, 0.3) is 0 Å². The molecule has 1 aromatic carbocycles. The number of rotatable bonds is 4. The first-order valence-electron chi connectivity index (χ1n) is 6.08. The highest BCUT2D eigenvalue weighted by Crippen LogP contribution is 2.27. The van der Waals surface area contributed by atoms with Gasteiger partial charge in [0.2, 0.25) is 5.91 Å². The molecule has 2 rings (SSSR count). The Balaban J connectivity index is 2.11. The van der Waals surface area contributed by atoms with Crippen molar-refractivity contribution in [3.8, 4) is 0 Å². The topological polar surface area (TPSA) is 107 Å². The molecule has 0 unspecified atom stereocenters. The number of amides is 2. The Hall–Kier alpha value is -2.80. The number of nitrogens with one attached hydrogen (secondary N) is 1. The molecule has 2 amide bonds. The summed E-state index contributed by atoms with van der Waals surface area (Å²) < 4.78 is 18.7. The van der Waals surface area contributed by atoms with Crippen molar-refractivity contribution in [1.29, 1.82) is 0 Å². The predicted octanol–water partition coefficient (Wildman–Crippen LogP) is 2.23. The number of carbonyl (C=O) groups is 2. The van der Waals surface area contributed by atoms with Crippen LogP contribution < -0.4 is 10.2 Å². The number of cyclic esters (lactones) is 1. The Kier molecular flexibility index (Phi) is 4.24. The van der Waals surface area contributed by atoms with Gasteiger partial charge in [-0.25, -0.2) is 9.18 Å². The van der Waals surface area contributed by atoms with Crippen molar-refractivity contribution >= 4 is 23.4 Å². The van der Waals surface area contributed by atoms with Crippen molar-refractivity contribution in [2.45, 2.75) is 13.0 Å². The van der Waals surface area contributed by atoms with Crippen molar-refractivity contribution in [3.63, 3.8) is 0 Å². The van der Waals surface area contributed by atoms with E-state index in [1.807, 2.05) is 0 Å². The first kappa shape index (κ1) is 14.6. The van der Waals surface area contributed by atoms with Crippen molar-refractivity contribution in [3.05, 3.63) is 34.5 Å². The summed E-state index contributed by atoms with van der Waals surface area (Å²) in [6.07, 6.45) is -1.12. The van der Waals surface area contributed by atoms with E-state index in [-0.39, 0.29) is 24.7 Å². The minimum atomic E-state index is -0.733. The van der Waals surface area contributed by atoms with Gasteiger partial charge < -0.3 is 10.1 Å². The molecule has 1 heterocycles. The maximum atomic E-state index is 13.7. The number of nitrogens with zero attached hydrogens (tertiary/aromatic N) is 4. The lowest BCUT2D eigenvalue weighted by molar-refractivity contribution is -0.119. The summed E-state index contributed by atoms with van der Waals surface area (Å²) in [5, 5.41) is 5.73. The van der Waals surface area contributed by atoms with Gasteiger partial charge in [0.15, 0.2) is 0 Å². The number of hydrogen-bond donors (Lipinski definition) is 1. The maximum absolute atomic E-state index is 13.7. The summed E-state index contributed by atoms with van der Waals surface area (Å²) in [5.41, 5.74) is 8.42. The van der Waals surface area contributed by atoms with Crippen LogP contribution in [0.2, 0.25) is 0 Å². The van der Waals surface area contributed by atoms with E-state index in [1.54, 1.807) is 0 Å². The first-order chi connectivity index (χ1) is 10.0. The number of ether oxygens (including phenoxy) is 1. The van der Waals surface area contributed by atoms with Crippen LogP contribution >= 0.6 is 0 Å². The van der Waals surface area contributed by atoms with Crippen LogP contribution in [0.25, 0.3) is 10.4 Å². The summed E-state index contributed by atoms with van der Waals surface area (Å²) in [7, 11) is 0. The molecule has 0 radical (unpaired) electrons. The van der Waals surface area contributed by atoms with E-state index in [9.17, 15) is 14.0 Å². The van der Waals surface area contributed by atoms with Crippen molar-refractivity contribution < 1.29 is 18.7 Å². The van der Waals surface area contributed by atoms with Crippen LogP contribution in [0.1, 0.15) is 6.92 Å². The molecule has 8 nitrogen and oxygen atoms in total. The fourth-order valence-corrected chi connectivity index (χ4v) is 1.89. The number of azide groups is 1. The van der Waals surface area contributed by atoms with Gasteiger partial charge in [-0.05, 0) is 23.7 Å². The number of benzene rings is 1. The van der Waals surface area contributed by atoms with Gasteiger partial charge in [0.1, 0.15) is 11.9 Å². The molecular formula is C12H12FN5O3. The van der Waals surface area contributed by atoms with Crippen molar-refractivity contribution in [2.24, 2.45) is 5.11 Å². The van der Waals surface area contributed by atoms with Crippen LogP contribution in [-0.2, 0) is 9.53 Å². The van der Waals surface area contributed by atoms with E-state index in [0.717, 1.165) is 6.07 Å². The molecule has 0 bridgehead atoms. The molecule has 1 aromatic rings.